The lowest BCUT2D eigenvalue weighted by Gasteiger charge is -2.33. The smallest absolute Gasteiger partial charge is 0.338 e. The summed E-state index contributed by atoms with van der Waals surface area (Å²) in [5.41, 5.74) is -0.0605. The van der Waals surface area contributed by atoms with Crippen LogP contribution < -0.4 is 10.2 Å². The zero-order chi connectivity index (χ0) is 21.9. The van der Waals surface area contributed by atoms with Crippen molar-refractivity contribution in [3.63, 3.8) is 0 Å². The molecule has 5 atom stereocenters. The summed E-state index contributed by atoms with van der Waals surface area (Å²) in [6.07, 6.45) is -7.08. The van der Waals surface area contributed by atoms with E-state index >= 15 is 0 Å². The van der Waals surface area contributed by atoms with Gasteiger partial charge in [0.05, 0.1) is 0 Å². The highest BCUT2D eigenvalue weighted by atomic mass is 16.7. The van der Waals surface area contributed by atoms with Crippen LogP contribution in [0.25, 0.3) is 22.3 Å². The van der Waals surface area contributed by atoms with Crippen molar-refractivity contribution in [1.82, 2.24) is 0 Å². The largest absolute Gasteiger partial charge is 0.504 e. The Hall–Kier alpha value is -3.60. The maximum atomic E-state index is 12.5. The molecule has 2 aliphatic heterocycles. The second kappa shape index (κ2) is 6.98. The van der Waals surface area contributed by atoms with Crippen molar-refractivity contribution in [2.75, 3.05) is 0 Å². The number of aliphatic hydroxyl groups is 2. The Labute approximate surface area is 173 Å². The summed E-state index contributed by atoms with van der Waals surface area (Å²) in [5.74, 6) is -2.56. The second-order valence-electron chi connectivity index (χ2n) is 7.21. The van der Waals surface area contributed by atoms with Crippen LogP contribution in [-0.2, 0) is 14.3 Å². The number of fused-ring (bicyclic) bond motifs is 3. The van der Waals surface area contributed by atoms with Crippen molar-refractivity contribution in [2.45, 2.75) is 30.7 Å². The Balaban J connectivity index is 1.56. The van der Waals surface area contributed by atoms with Gasteiger partial charge in [0.1, 0.15) is 22.8 Å². The average molecular weight is 428 g/mol. The summed E-state index contributed by atoms with van der Waals surface area (Å²) >= 11 is 0. The van der Waals surface area contributed by atoms with E-state index in [2.05, 4.69) is 0 Å². The van der Waals surface area contributed by atoms with Crippen molar-refractivity contribution in [1.29, 1.82) is 0 Å². The van der Waals surface area contributed by atoms with Crippen molar-refractivity contribution in [2.24, 2.45) is 0 Å². The average Bonchev–Trinajstić information content (AvgIpc) is 2.96. The molecule has 0 spiro atoms. The molecule has 2 saturated heterocycles. The van der Waals surface area contributed by atoms with Crippen molar-refractivity contribution in [3.05, 3.63) is 52.7 Å². The Morgan fingerprint density at radius 1 is 0.935 bits per heavy atom. The van der Waals surface area contributed by atoms with Crippen LogP contribution in [0.4, 0.5) is 0 Å². The highest BCUT2D eigenvalue weighted by molar-refractivity contribution is 5.89. The van der Waals surface area contributed by atoms with E-state index in [-0.39, 0.29) is 22.5 Å². The molecule has 2 unspecified atom stereocenters. The van der Waals surface area contributed by atoms with Crippen molar-refractivity contribution >= 4 is 16.9 Å². The van der Waals surface area contributed by atoms with Gasteiger partial charge in [0.2, 0.25) is 12.0 Å². The molecule has 2 bridgehead atoms. The molecule has 31 heavy (non-hydrogen) atoms. The zero-order valence-corrected chi connectivity index (χ0v) is 15.7. The minimum Gasteiger partial charge on any atom is -0.504 e. The first-order chi connectivity index (χ1) is 14.8. The molecule has 4 N–H and O–H groups in total. The summed E-state index contributed by atoms with van der Waals surface area (Å²) in [5, 5.41) is 40.7. The molecule has 0 amide bonds. The number of phenols is 2. The Kier molecular flexibility index (Phi) is 4.36. The molecule has 10 heteroatoms. The van der Waals surface area contributed by atoms with Gasteiger partial charge in [-0.05, 0) is 0 Å². The highest BCUT2D eigenvalue weighted by Crippen LogP contribution is 2.43. The van der Waals surface area contributed by atoms with Crippen LogP contribution in [0.2, 0.25) is 0 Å². The lowest BCUT2D eigenvalue weighted by Crippen LogP contribution is -2.55. The fourth-order valence-corrected chi connectivity index (χ4v) is 3.70. The first kappa shape index (κ1) is 19.4. The van der Waals surface area contributed by atoms with Gasteiger partial charge in [-0.1, -0.05) is 30.3 Å². The van der Waals surface area contributed by atoms with Gasteiger partial charge in [0, 0.05) is 17.7 Å². The molecule has 1 aromatic heterocycles. The van der Waals surface area contributed by atoms with Gasteiger partial charge in [-0.2, -0.15) is 0 Å². The van der Waals surface area contributed by atoms with Gasteiger partial charge in [0.15, 0.2) is 35.2 Å². The number of hydrogen-bond donors (Lipinski definition) is 4. The van der Waals surface area contributed by atoms with E-state index in [1.54, 1.807) is 30.3 Å². The van der Waals surface area contributed by atoms with Crippen LogP contribution in [0.3, 0.4) is 0 Å². The first-order valence-electron chi connectivity index (χ1n) is 9.32. The van der Waals surface area contributed by atoms with E-state index in [0.717, 1.165) is 6.07 Å². The van der Waals surface area contributed by atoms with Crippen LogP contribution >= 0.6 is 0 Å². The number of rotatable bonds is 3. The lowest BCUT2D eigenvalue weighted by atomic mass is 10.0. The number of hydrogen-bond acceptors (Lipinski definition) is 10. The number of aliphatic hydroxyl groups excluding tert-OH is 2. The minimum atomic E-state index is -1.57. The van der Waals surface area contributed by atoms with E-state index in [1.807, 2.05) is 0 Å². The summed E-state index contributed by atoms with van der Waals surface area (Å²) in [6, 6.07) is 11.1. The lowest BCUT2D eigenvalue weighted by molar-refractivity contribution is -0.231. The van der Waals surface area contributed by atoms with Crippen LogP contribution in [0, 0.1) is 0 Å². The SMILES string of the molecule is O=C1O[C@H]2C(O)[C@@H]1OC(Oc1cc3oc(-c4ccccc4)cc(=O)c3c(O)c1O)[C@@H]2O. The van der Waals surface area contributed by atoms with E-state index in [1.165, 1.54) is 6.07 Å². The van der Waals surface area contributed by atoms with Gasteiger partial charge >= 0.3 is 5.97 Å². The number of carbonyl (C=O) groups is 1. The molecule has 160 valence electrons. The first-order valence-corrected chi connectivity index (χ1v) is 9.32. The van der Waals surface area contributed by atoms with Gasteiger partial charge in [-0.3, -0.25) is 4.79 Å². The van der Waals surface area contributed by atoms with Gasteiger partial charge < -0.3 is 39.1 Å². The third-order valence-corrected chi connectivity index (χ3v) is 5.26. The monoisotopic (exact) mass is 428 g/mol. The topological polar surface area (TPSA) is 156 Å². The van der Waals surface area contributed by atoms with Crippen molar-refractivity contribution < 1.29 is 43.8 Å². The predicted molar refractivity (Wildman–Crippen MR) is 102 cm³/mol. The van der Waals surface area contributed by atoms with Crippen LogP contribution in [0.1, 0.15) is 0 Å². The van der Waals surface area contributed by atoms with Crippen LogP contribution in [0.15, 0.2) is 51.7 Å². The summed E-state index contributed by atoms with van der Waals surface area (Å²) in [6.45, 7) is 0. The third-order valence-electron chi connectivity index (χ3n) is 5.26. The fourth-order valence-electron chi connectivity index (χ4n) is 3.70. The van der Waals surface area contributed by atoms with Gasteiger partial charge in [-0.15, -0.1) is 0 Å². The number of aromatic hydroxyl groups is 2. The van der Waals surface area contributed by atoms with Crippen LogP contribution in [0.5, 0.6) is 17.2 Å². The normalized spacial score (nSPS) is 27.3. The molecule has 3 aromatic rings. The number of benzene rings is 2. The maximum absolute atomic E-state index is 12.5. The predicted octanol–water partition coefficient (Wildman–Crippen LogP) is 0.622. The number of carbonyl (C=O) groups excluding carboxylic acids is 1. The molecular weight excluding hydrogens is 412 g/mol. The Bertz CT molecular complexity index is 1230. The molecule has 2 aliphatic rings. The zero-order valence-electron chi connectivity index (χ0n) is 15.7. The highest BCUT2D eigenvalue weighted by Gasteiger charge is 2.57. The molecule has 0 aliphatic carbocycles. The molecule has 0 saturated carbocycles. The Morgan fingerprint density at radius 3 is 2.42 bits per heavy atom. The van der Waals surface area contributed by atoms with E-state index in [4.69, 9.17) is 18.6 Å². The van der Waals surface area contributed by atoms with Gasteiger partial charge in [-0.25, -0.2) is 4.79 Å². The fraction of sp³-hybridized carbons (Fsp3) is 0.238. The number of esters is 1. The molecule has 0 radical (unpaired) electrons. The quantitative estimate of drug-likeness (QED) is 0.344. The molecule has 2 aromatic carbocycles. The van der Waals surface area contributed by atoms with E-state index in [9.17, 15) is 30.0 Å². The third kappa shape index (κ3) is 3.00. The van der Waals surface area contributed by atoms with Gasteiger partial charge in [0.25, 0.3) is 0 Å². The minimum absolute atomic E-state index is 0.0858. The van der Waals surface area contributed by atoms with Crippen molar-refractivity contribution in [3.8, 4) is 28.6 Å². The number of phenolic OH excluding ortho intramolecular Hbond substituents is 2. The van der Waals surface area contributed by atoms with E-state index in [0.29, 0.717) is 5.56 Å². The molecular formula is C21H16O10. The number of ether oxygens (including phenoxy) is 3. The summed E-state index contributed by atoms with van der Waals surface area (Å²) < 4.78 is 21.3. The molecule has 10 nitrogen and oxygen atoms in total. The molecule has 3 heterocycles. The van der Waals surface area contributed by atoms with E-state index < -0.39 is 53.6 Å². The molecule has 2 fully saturated rings. The summed E-state index contributed by atoms with van der Waals surface area (Å²) in [4.78, 5) is 24.2. The van der Waals surface area contributed by atoms with Crippen LogP contribution in [-0.4, -0.2) is 57.1 Å². The maximum Gasteiger partial charge on any atom is 0.338 e. The second-order valence-corrected chi connectivity index (χ2v) is 7.21. The summed E-state index contributed by atoms with van der Waals surface area (Å²) in [7, 11) is 0. The standard InChI is InChI=1S/C21H16O10/c22-9-6-10(8-4-2-1-3-5-8)28-11-7-12(14(23)15(24)13(9)11)29-21-17(26)18-16(25)19(31-21)20(27)30-18/h1-7,16-19,21,23-26H/t16?,17-,18+,19+,21?/m1/s1. The Morgan fingerprint density at radius 2 is 1.68 bits per heavy atom. The molecule has 5 rings (SSSR count).